The lowest BCUT2D eigenvalue weighted by Crippen LogP contribution is -2.47. The first-order valence-electron chi connectivity index (χ1n) is 7.58. The van der Waals surface area contributed by atoms with Gasteiger partial charge in [0.15, 0.2) is 5.78 Å². The van der Waals surface area contributed by atoms with E-state index in [2.05, 4.69) is 0 Å². The maximum absolute atomic E-state index is 12.9. The first kappa shape index (κ1) is 14.4. The standard InChI is InChI=1S/C17H22O4/c1-19-13-4-5-15(20-2)14(10-13)16(18)12-6-9-21-17(11-12)7-3-8-17/h4-5,10,12H,3,6-9,11H2,1-2H3. The van der Waals surface area contributed by atoms with Crippen molar-refractivity contribution in [2.24, 2.45) is 5.92 Å². The third-order valence-electron chi connectivity index (χ3n) is 4.80. The van der Waals surface area contributed by atoms with Crippen molar-refractivity contribution in [3.63, 3.8) is 0 Å². The molecule has 4 heteroatoms. The van der Waals surface area contributed by atoms with Gasteiger partial charge in [-0.25, -0.2) is 0 Å². The van der Waals surface area contributed by atoms with Gasteiger partial charge in [-0.15, -0.1) is 0 Å². The van der Waals surface area contributed by atoms with Crippen molar-refractivity contribution >= 4 is 5.78 Å². The van der Waals surface area contributed by atoms with Gasteiger partial charge in [0.2, 0.25) is 0 Å². The molecule has 1 saturated carbocycles. The van der Waals surface area contributed by atoms with Gasteiger partial charge in [-0.2, -0.15) is 0 Å². The van der Waals surface area contributed by atoms with Gasteiger partial charge >= 0.3 is 0 Å². The van der Waals surface area contributed by atoms with E-state index in [0.717, 1.165) is 25.7 Å². The highest BCUT2D eigenvalue weighted by Crippen LogP contribution is 2.45. The molecule has 1 saturated heterocycles. The smallest absolute Gasteiger partial charge is 0.169 e. The third-order valence-corrected chi connectivity index (χ3v) is 4.80. The lowest BCUT2D eigenvalue weighted by atomic mass is 9.70. The van der Waals surface area contributed by atoms with Crippen molar-refractivity contribution in [1.82, 2.24) is 0 Å². The molecule has 0 N–H and O–H groups in total. The van der Waals surface area contributed by atoms with Gasteiger partial charge in [-0.05, 0) is 50.3 Å². The predicted molar refractivity (Wildman–Crippen MR) is 79.1 cm³/mol. The number of ketones is 1. The van der Waals surface area contributed by atoms with Crippen LogP contribution in [-0.4, -0.2) is 32.2 Å². The second-order valence-electron chi connectivity index (χ2n) is 6.01. The number of ether oxygens (including phenoxy) is 3. The van der Waals surface area contributed by atoms with Crippen LogP contribution in [0.3, 0.4) is 0 Å². The van der Waals surface area contributed by atoms with Crippen LogP contribution < -0.4 is 9.47 Å². The SMILES string of the molecule is COc1ccc(OC)c(C(=O)C2CCOC3(CCC3)C2)c1. The van der Waals surface area contributed by atoms with Crippen molar-refractivity contribution in [2.75, 3.05) is 20.8 Å². The predicted octanol–water partition coefficient (Wildman–Crippen LogP) is 3.24. The van der Waals surface area contributed by atoms with E-state index in [9.17, 15) is 4.79 Å². The topological polar surface area (TPSA) is 44.8 Å². The molecule has 114 valence electrons. The molecule has 1 aromatic carbocycles. The summed E-state index contributed by atoms with van der Waals surface area (Å²) in [5.74, 6) is 1.49. The summed E-state index contributed by atoms with van der Waals surface area (Å²) in [5, 5.41) is 0. The molecule has 0 bridgehead atoms. The molecule has 1 spiro atoms. The van der Waals surface area contributed by atoms with Gasteiger partial charge in [0.1, 0.15) is 11.5 Å². The molecular weight excluding hydrogens is 268 g/mol. The van der Waals surface area contributed by atoms with E-state index in [1.54, 1.807) is 26.4 Å². The molecule has 1 aliphatic carbocycles. The largest absolute Gasteiger partial charge is 0.497 e. The van der Waals surface area contributed by atoms with Crippen molar-refractivity contribution in [1.29, 1.82) is 0 Å². The maximum Gasteiger partial charge on any atom is 0.169 e. The molecular formula is C17H22O4. The Labute approximate surface area is 125 Å². The summed E-state index contributed by atoms with van der Waals surface area (Å²) in [6, 6.07) is 5.39. The Kier molecular flexibility index (Phi) is 3.89. The number of Topliss-reactive ketones (excluding diaryl/α,β-unsaturated/α-hetero) is 1. The zero-order valence-electron chi connectivity index (χ0n) is 12.7. The van der Waals surface area contributed by atoms with E-state index in [4.69, 9.17) is 14.2 Å². The number of rotatable bonds is 4. The number of methoxy groups -OCH3 is 2. The van der Waals surface area contributed by atoms with Crippen molar-refractivity contribution in [3.8, 4) is 11.5 Å². The summed E-state index contributed by atoms with van der Waals surface area (Å²) >= 11 is 0. The first-order chi connectivity index (χ1) is 10.2. The van der Waals surface area contributed by atoms with Crippen LogP contribution in [-0.2, 0) is 4.74 Å². The Bertz CT molecular complexity index is 534. The highest BCUT2D eigenvalue weighted by molar-refractivity contribution is 6.00. The molecule has 0 radical (unpaired) electrons. The van der Waals surface area contributed by atoms with E-state index in [1.807, 2.05) is 6.07 Å². The Balaban J connectivity index is 1.83. The first-order valence-corrected chi connectivity index (χ1v) is 7.58. The molecule has 3 rings (SSSR count). The van der Waals surface area contributed by atoms with E-state index in [1.165, 1.54) is 6.42 Å². The minimum absolute atomic E-state index is 0.0231. The molecule has 1 atom stereocenters. The Morgan fingerprint density at radius 1 is 1.29 bits per heavy atom. The van der Waals surface area contributed by atoms with Crippen LogP contribution in [0, 0.1) is 5.92 Å². The van der Waals surface area contributed by atoms with Gasteiger partial charge in [0.25, 0.3) is 0 Å². The fraction of sp³-hybridized carbons (Fsp3) is 0.588. The zero-order valence-corrected chi connectivity index (χ0v) is 12.7. The molecule has 21 heavy (non-hydrogen) atoms. The van der Waals surface area contributed by atoms with Crippen LogP contribution in [0.15, 0.2) is 18.2 Å². The van der Waals surface area contributed by atoms with E-state index in [0.29, 0.717) is 23.7 Å². The minimum atomic E-state index is -0.0231. The van der Waals surface area contributed by atoms with Crippen molar-refractivity contribution in [2.45, 2.75) is 37.7 Å². The Hall–Kier alpha value is -1.55. The third kappa shape index (κ3) is 2.64. The van der Waals surface area contributed by atoms with Gasteiger partial charge in [-0.1, -0.05) is 0 Å². The summed E-state index contributed by atoms with van der Waals surface area (Å²) in [7, 11) is 3.20. The number of hydrogen-bond donors (Lipinski definition) is 0. The Morgan fingerprint density at radius 3 is 2.71 bits per heavy atom. The van der Waals surface area contributed by atoms with Crippen LogP contribution in [0.5, 0.6) is 11.5 Å². The van der Waals surface area contributed by atoms with Crippen LogP contribution in [0.1, 0.15) is 42.5 Å². The fourth-order valence-corrected chi connectivity index (χ4v) is 3.40. The van der Waals surface area contributed by atoms with E-state index >= 15 is 0 Å². The van der Waals surface area contributed by atoms with Crippen molar-refractivity contribution < 1.29 is 19.0 Å². The highest BCUT2D eigenvalue weighted by atomic mass is 16.5. The number of carbonyl (C=O) groups excluding carboxylic acids is 1. The molecule has 1 aromatic rings. The quantitative estimate of drug-likeness (QED) is 0.799. The summed E-state index contributed by atoms with van der Waals surface area (Å²) in [6.45, 7) is 0.683. The lowest BCUT2D eigenvalue weighted by Gasteiger charge is -2.46. The summed E-state index contributed by atoms with van der Waals surface area (Å²) in [4.78, 5) is 12.9. The van der Waals surface area contributed by atoms with Crippen LogP contribution in [0.2, 0.25) is 0 Å². The van der Waals surface area contributed by atoms with E-state index in [-0.39, 0.29) is 17.3 Å². The molecule has 2 aliphatic rings. The number of hydrogen-bond acceptors (Lipinski definition) is 4. The summed E-state index contributed by atoms with van der Waals surface area (Å²) in [5.41, 5.74) is 0.600. The second-order valence-corrected chi connectivity index (χ2v) is 6.01. The fourth-order valence-electron chi connectivity index (χ4n) is 3.40. The monoisotopic (exact) mass is 290 g/mol. The van der Waals surface area contributed by atoms with Crippen LogP contribution >= 0.6 is 0 Å². The second kappa shape index (κ2) is 5.68. The molecule has 1 heterocycles. The molecule has 2 fully saturated rings. The van der Waals surface area contributed by atoms with Gasteiger partial charge in [-0.3, -0.25) is 4.79 Å². The average molecular weight is 290 g/mol. The lowest BCUT2D eigenvalue weighted by molar-refractivity contribution is -0.137. The number of benzene rings is 1. The van der Waals surface area contributed by atoms with Gasteiger partial charge in [0.05, 0.1) is 25.4 Å². The average Bonchev–Trinajstić information content (AvgIpc) is 2.52. The highest BCUT2D eigenvalue weighted by Gasteiger charge is 2.44. The molecule has 0 amide bonds. The van der Waals surface area contributed by atoms with E-state index < -0.39 is 0 Å². The summed E-state index contributed by atoms with van der Waals surface area (Å²) in [6.07, 6.45) is 5.02. The molecule has 1 aliphatic heterocycles. The zero-order chi connectivity index (χ0) is 14.9. The Morgan fingerprint density at radius 2 is 2.10 bits per heavy atom. The normalized spacial score (nSPS) is 23.4. The minimum Gasteiger partial charge on any atom is -0.497 e. The molecule has 0 aromatic heterocycles. The summed E-state index contributed by atoms with van der Waals surface area (Å²) < 4.78 is 16.5. The molecule has 4 nitrogen and oxygen atoms in total. The van der Waals surface area contributed by atoms with Gasteiger partial charge < -0.3 is 14.2 Å². The van der Waals surface area contributed by atoms with Crippen LogP contribution in [0.25, 0.3) is 0 Å². The van der Waals surface area contributed by atoms with Crippen LogP contribution in [0.4, 0.5) is 0 Å². The van der Waals surface area contributed by atoms with Crippen molar-refractivity contribution in [3.05, 3.63) is 23.8 Å². The maximum atomic E-state index is 12.9. The number of carbonyl (C=O) groups is 1. The van der Waals surface area contributed by atoms with Gasteiger partial charge in [0, 0.05) is 12.5 Å². The molecule has 1 unspecified atom stereocenters.